The Bertz CT molecular complexity index is 1130. The van der Waals surface area contributed by atoms with Crippen LogP contribution in [0, 0.1) is 0 Å². The molecule has 2 unspecified atom stereocenters. The van der Waals surface area contributed by atoms with Crippen LogP contribution in [0.5, 0.6) is 5.75 Å². The molecule has 0 radical (unpaired) electrons. The number of ether oxygens (including phenoxy) is 1. The number of hydrogen-bond donors (Lipinski definition) is 7. The Hall–Kier alpha value is -2.00. The summed E-state index contributed by atoms with van der Waals surface area (Å²) in [5.41, 5.74) is -2.04. The Labute approximate surface area is 247 Å². The minimum Gasteiger partial charge on any atom is -0.492 e. The molecule has 1 aromatic carbocycles. The van der Waals surface area contributed by atoms with Gasteiger partial charge in [-0.05, 0) is 31.5 Å². The quantitative estimate of drug-likeness (QED) is 0.0951. The number of amides is 2. The lowest BCUT2D eigenvalue weighted by Crippen LogP contribution is -2.55. The van der Waals surface area contributed by atoms with Crippen LogP contribution in [0.25, 0.3) is 0 Å². The summed E-state index contributed by atoms with van der Waals surface area (Å²) in [7, 11) is -4.46. The lowest BCUT2D eigenvalue weighted by Gasteiger charge is -2.31. The fourth-order valence-corrected chi connectivity index (χ4v) is 5.73. The van der Waals surface area contributed by atoms with Crippen molar-refractivity contribution in [3.8, 4) is 5.75 Å². The van der Waals surface area contributed by atoms with Crippen LogP contribution in [0.2, 0.25) is 10.0 Å². The number of carboxylic acids is 1. The zero-order valence-electron chi connectivity index (χ0n) is 22.5. The molecule has 2 amide bonds. The number of aliphatic hydroxyl groups is 3. The van der Waals surface area contributed by atoms with E-state index in [0.717, 1.165) is 6.92 Å². The first-order chi connectivity index (χ1) is 19.1. The maximum absolute atomic E-state index is 12.8. The van der Waals surface area contributed by atoms with Crippen LogP contribution in [0.15, 0.2) is 18.2 Å². The van der Waals surface area contributed by atoms with Gasteiger partial charge in [-0.25, -0.2) is 4.79 Å². The fourth-order valence-electron chi connectivity index (χ4n) is 4.19. The lowest BCUT2D eigenvalue weighted by atomic mass is 10.0. The molecule has 41 heavy (non-hydrogen) atoms. The van der Waals surface area contributed by atoms with E-state index >= 15 is 0 Å². The van der Waals surface area contributed by atoms with Gasteiger partial charge in [0.25, 0.3) is 0 Å². The third kappa shape index (κ3) is 10.3. The number of benzene rings is 1. The molecule has 6 atom stereocenters. The van der Waals surface area contributed by atoms with Crippen molar-refractivity contribution in [2.75, 3.05) is 39.1 Å². The van der Waals surface area contributed by atoms with Crippen molar-refractivity contribution in [2.24, 2.45) is 0 Å². The van der Waals surface area contributed by atoms with E-state index < -0.39 is 74.6 Å². The molecule has 17 heteroatoms. The Morgan fingerprint density at radius 2 is 1.83 bits per heavy atom. The molecule has 232 valence electrons. The Balaban J connectivity index is 1.91. The number of nitrogens with one attached hydrogen (secondary N) is 2. The molecule has 1 aliphatic heterocycles. The van der Waals surface area contributed by atoms with E-state index in [1.165, 1.54) is 17.9 Å². The predicted molar refractivity (Wildman–Crippen MR) is 148 cm³/mol. The molecule has 0 bridgehead atoms. The molecule has 0 aliphatic carbocycles. The van der Waals surface area contributed by atoms with E-state index in [9.17, 15) is 44.3 Å². The maximum atomic E-state index is 12.8. The van der Waals surface area contributed by atoms with Gasteiger partial charge in [0.15, 0.2) is 5.54 Å². The lowest BCUT2D eigenvalue weighted by molar-refractivity contribution is -0.148. The summed E-state index contributed by atoms with van der Waals surface area (Å²) >= 11 is 11.9. The number of nitrogens with zero attached hydrogens (tertiary/aromatic N) is 1. The molecule has 1 heterocycles. The van der Waals surface area contributed by atoms with E-state index in [1.807, 2.05) is 0 Å². The van der Waals surface area contributed by atoms with Crippen molar-refractivity contribution in [3.63, 3.8) is 0 Å². The molecule has 0 aromatic heterocycles. The van der Waals surface area contributed by atoms with Gasteiger partial charge in [-0.15, -0.1) is 0 Å². The molecule has 0 spiro atoms. The normalized spacial score (nSPS) is 23.8. The molecule has 7 N–H and O–H groups in total. The highest BCUT2D eigenvalue weighted by Gasteiger charge is 2.47. The zero-order chi connectivity index (χ0) is 31.0. The van der Waals surface area contributed by atoms with E-state index in [1.54, 1.807) is 12.1 Å². The predicted octanol–water partition coefficient (Wildman–Crippen LogP) is 0.217. The molecule has 1 fully saturated rings. The van der Waals surface area contributed by atoms with Gasteiger partial charge in [0, 0.05) is 31.5 Å². The van der Waals surface area contributed by atoms with Crippen molar-refractivity contribution < 1.29 is 53.5 Å². The van der Waals surface area contributed by atoms with Gasteiger partial charge >= 0.3 is 13.6 Å². The minimum atomic E-state index is -4.46. The number of hydrogen-bond acceptors (Lipinski definition) is 10. The number of likely N-dealkylation sites (tertiary alicyclic amines) is 1. The highest BCUT2D eigenvalue weighted by molar-refractivity contribution is 7.52. The zero-order valence-corrected chi connectivity index (χ0v) is 24.9. The molecule has 2 rings (SSSR count). The summed E-state index contributed by atoms with van der Waals surface area (Å²) in [6.07, 6.45) is -3.20. The third-order valence-electron chi connectivity index (χ3n) is 6.52. The van der Waals surface area contributed by atoms with Crippen LogP contribution in [0.1, 0.15) is 26.7 Å². The Morgan fingerprint density at radius 3 is 2.41 bits per heavy atom. The van der Waals surface area contributed by atoms with Gasteiger partial charge in [-0.2, -0.15) is 0 Å². The number of carbonyl (C=O) groups excluding carboxylic acids is 2. The molecule has 1 saturated heterocycles. The highest BCUT2D eigenvalue weighted by Crippen LogP contribution is 2.43. The number of rotatable bonds is 16. The van der Waals surface area contributed by atoms with Gasteiger partial charge in [-0.1, -0.05) is 23.2 Å². The van der Waals surface area contributed by atoms with Crippen LogP contribution in [0.3, 0.4) is 0 Å². The summed E-state index contributed by atoms with van der Waals surface area (Å²) in [4.78, 5) is 47.4. The SMILES string of the molecule is CC(=O)NC[C@@H]1[C@@H](O)[C@H](O)[C@@H](CO)N1CCP(=O)(O)OCC(C)(NC(=O)CCCOc1ccc(Cl)cc1Cl)C(=O)O. The van der Waals surface area contributed by atoms with Crippen LogP contribution in [0.4, 0.5) is 0 Å². The van der Waals surface area contributed by atoms with Gasteiger partial charge < -0.3 is 45.2 Å². The van der Waals surface area contributed by atoms with Crippen molar-refractivity contribution in [1.82, 2.24) is 15.5 Å². The second-order valence-electron chi connectivity index (χ2n) is 9.82. The average Bonchev–Trinajstić information content (AvgIpc) is 3.12. The van der Waals surface area contributed by atoms with Crippen LogP contribution in [-0.2, 0) is 23.5 Å². The number of carbonyl (C=O) groups is 3. The first-order valence-electron chi connectivity index (χ1n) is 12.7. The van der Waals surface area contributed by atoms with Crippen molar-refractivity contribution >= 4 is 48.6 Å². The van der Waals surface area contributed by atoms with Crippen LogP contribution < -0.4 is 15.4 Å². The van der Waals surface area contributed by atoms with Gasteiger partial charge in [0.1, 0.15) is 5.75 Å². The molecular weight excluding hydrogens is 608 g/mol. The van der Waals surface area contributed by atoms with Crippen LogP contribution >= 0.6 is 30.8 Å². The number of aliphatic carboxylic acids is 1. The average molecular weight is 644 g/mol. The van der Waals surface area contributed by atoms with Crippen molar-refractivity contribution in [2.45, 2.75) is 56.5 Å². The topological polar surface area (TPSA) is 215 Å². The molecule has 0 saturated carbocycles. The van der Waals surface area contributed by atoms with E-state index in [0.29, 0.717) is 15.8 Å². The summed E-state index contributed by atoms with van der Waals surface area (Å²) < 4.78 is 23.3. The van der Waals surface area contributed by atoms with Crippen LogP contribution in [-0.4, -0.2) is 117 Å². The molecule has 1 aromatic rings. The first kappa shape index (κ1) is 35.2. The number of halogens is 2. The third-order valence-corrected chi connectivity index (χ3v) is 8.35. The van der Waals surface area contributed by atoms with E-state index in [2.05, 4.69) is 10.6 Å². The summed E-state index contributed by atoms with van der Waals surface area (Å²) in [6.45, 7) is 0.709. The maximum Gasteiger partial charge on any atom is 0.331 e. The number of aliphatic hydroxyl groups excluding tert-OH is 3. The summed E-state index contributed by atoms with van der Waals surface area (Å²) in [5, 5.41) is 45.5. The molecule has 1 aliphatic rings. The standard InChI is InChI=1S/C24H36Cl2N3O11P/c1-14(31)27-11-17-21(33)22(34)18(12-30)29(17)7-9-41(37,38)40-13-24(2,23(35)36)28-20(32)4-3-8-39-19-6-5-15(25)10-16(19)26/h5-6,10,17-18,21-22,30,33-34H,3-4,7-9,11-13H2,1-2H3,(H,27,31)(H,28,32)(H,35,36)(H,37,38)/t17-,18-,21-,22-,24?/m1/s1. The van der Waals surface area contributed by atoms with E-state index in [-0.39, 0.29) is 32.5 Å². The summed E-state index contributed by atoms with van der Waals surface area (Å²) in [6, 6.07) is 2.80. The van der Waals surface area contributed by atoms with Gasteiger partial charge in [-0.3, -0.25) is 19.1 Å². The van der Waals surface area contributed by atoms with Crippen molar-refractivity contribution in [1.29, 1.82) is 0 Å². The minimum absolute atomic E-state index is 0.0957. The Morgan fingerprint density at radius 1 is 1.17 bits per heavy atom. The largest absolute Gasteiger partial charge is 0.492 e. The monoisotopic (exact) mass is 643 g/mol. The van der Waals surface area contributed by atoms with E-state index in [4.69, 9.17) is 32.5 Å². The van der Waals surface area contributed by atoms with Crippen molar-refractivity contribution in [3.05, 3.63) is 28.2 Å². The highest BCUT2D eigenvalue weighted by atomic mass is 35.5. The molecular formula is C24H36Cl2N3O11P. The fraction of sp³-hybridized carbons (Fsp3) is 0.625. The smallest absolute Gasteiger partial charge is 0.331 e. The van der Waals surface area contributed by atoms with Gasteiger partial charge in [0.2, 0.25) is 11.8 Å². The first-order valence-corrected chi connectivity index (χ1v) is 15.2. The Kier molecular flexibility index (Phi) is 13.3. The summed E-state index contributed by atoms with van der Waals surface area (Å²) in [5.74, 6) is -2.20. The second-order valence-corrected chi connectivity index (χ2v) is 12.6. The molecule has 14 nitrogen and oxygen atoms in total. The second kappa shape index (κ2) is 15.5. The van der Waals surface area contributed by atoms with Gasteiger partial charge in [0.05, 0.1) is 55.3 Å². The number of carboxylic acid groups (broad SMARTS) is 1.